The molecule has 34 heavy (non-hydrogen) atoms. The van der Waals surface area contributed by atoms with Gasteiger partial charge in [0.15, 0.2) is 0 Å². The normalized spacial score (nSPS) is 20.0. The zero-order valence-electron chi connectivity index (χ0n) is 19.2. The number of para-hydroxylation sites is 1. The fraction of sp³-hybridized carbons (Fsp3) is 0.346. The van der Waals surface area contributed by atoms with Crippen LogP contribution in [0.5, 0.6) is 5.75 Å². The van der Waals surface area contributed by atoms with E-state index in [0.29, 0.717) is 43.6 Å². The minimum absolute atomic E-state index is 0.00244. The van der Waals surface area contributed by atoms with Crippen molar-refractivity contribution in [2.75, 3.05) is 0 Å². The molecule has 0 saturated heterocycles. The molecule has 0 bridgehead atoms. The molecule has 178 valence electrons. The van der Waals surface area contributed by atoms with Gasteiger partial charge >= 0.3 is 0 Å². The van der Waals surface area contributed by atoms with Gasteiger partial charge in [0.1, 0.15) is 12.4 Å². The van der Waals surface area contributed by atoms with E-state index in [0.717, 1.165) is 22.2 Å². The summed E-state index contributed by atoms with van der Waals surface area (Å²) in [6, 6.07) is 16.9. The minimum atomic E-state index is -0.727. The van der Waals surface area contributed by atoms with Gasteiger partial charge in [-0.15, -0.1) is 0 Å². The summed E-state index contributed by atoms with van der Waals surface area (Å²) in [5, 5.41) is 13.0. The van der Waals surface area contributed by atoms with Crippen molar-refractivity contribution < 1.29 is 19.5 Å². The number of nitrogens with one attached hydrogen (secondary N) is 2. The lowest BCUT2D eigenvalue weighted by Crippen LogP contribution is -2.54. The molecule has 0 atom stereocenters. The van der Waals surface area contributed by atoms with E-state index in [4.69, 9.17) is 15.7 Å². The van der Waals surface area contributed by atoms with E-state index in [9.17, 15) is 9.59 Å². The summed E-state index contributed by atoms with van der Waals surface area (Å²) in [7, 11) is 0. The first-order valence-corrected chi connectivity index (χ1v) is 11.5. The molecule has 1 saturated carbocycles. The van der Waals surface area contributed by atoms with Crippen molar-refractivity contribution in [2.45, 2.75) is 57.2 Å². The first kappa shape index (κ1) is 23.7. The van der Waals surface area contributed by atoms with Gasteiger partial charge in [-0.3, -0.25) is 19.8 Å². The molecule has 4 rings (SSSR count). The maximum atomic E-state index is 13.0. The van der Waals surface area contributed by atoms with Crippen LogP contribution in [0.15, 0.2) is 54.6 Å². The second-order valence-electron chi connectivity index (χ2n) is 9.04. The van der Waals surface area contributed by atoms with E-state index in [1.807, 2.05) is 37.3 Å². The van der Waals surface area contributed by atoms with Gasteiger partial charge in [0.05, 0.1) is 11.9 Å². The van der Waals surface area contributed by atoms with Crippen LogP contribution in [0.1, 0.15) is 53.7 Å². The molecule has 0 spiro atoms. The topological polar surface area (TPSA) is 127 Å². The summed E-state index contributed by atoms with van der Waals surface area (Å²) >= 11 is 0. The van der Waals surface area contributed by atoms with Crippen molar-refractivity contribution >= 4 is 22.7 Å². The van der Waals surface area contributed by atoms with Crippen LogP contribution in [-0.2, 0) is 11.4 Å². The molecular formula is C26H30N4O4. The summed E-state index contributed by atoms with van der Waals surface area (Å²) in [4.78, 5) is 29.4. The van der Waals surface area contributed by atoms with Crippen LogP contribution >= 0.6 is 0 Å². The SMILES string of the molecule is Cc1cc(COc2ccc(C(=O)N[C@]3(CC(=O)NO)CC[C@H](N)CC3)cc2)c2ccccc2n1. The van der Waals surface area contributed by atoms with Crippen molar-refractivity contribution in [3.05, 3.63) is 71.4 Å². The van der Waals surface area contributed by atoms with Crippen LogP contribution in [0.25, 0.3) is 10.9 Å². The summed E-state index contributed by atoms with van der Waals surface area (Å²) in [6.07, 6.45) is 2.56. The number of hydrogen-bond acceptors (Lipinski definition) is 6. The number of hydroxylamine groups is 1. The zero-order valence-corrected chi connectivity index (χ0v) is 19.2. The highest BCUT2D eigenvalue weighted by molar-refractivity contribution is 5.95. The average Bonchev–Trinajstić information content (AvgIpc) is 2.84. The summed E-state index contributed by atoms with van der Waals surface area (Å²) in [6.45, 7) is 2.34. The molecule has 1 aliphatic carbocycles. The number of aromatic nitrogens is 1. The van der Waals surface area contributed by atoms with Crippen molar-refractivity contribution in [3.8, 4) is 5.75 Å². The first-order chi connectivity index (χ1) is 16.4. The predicted molar refractivity (Wildman–Crippen MR) is 128 cm³/mol. The zero-order chi connectivity index (χ0) is 24.1. The smallest absolute Gasteiger partial charge is 0.251 e. The Bertz CT molecular complexity index is 1170. The maximum absolute atomic E-state index is 13.0. The fourth-order valence-corrected chi connectivity index (χ4v) is 4.58. The third kappa shape index (κ3) is 5.52. The van der Waals surface area contributed by atoms with Gasteiger partial charge in [0.25, 0.3) is 5.91 Å². The summed E-state index contributed by atoms with van der Waals surface area (Å²) in [5.41, 5.74) is 10.3. The second-order valence-corrected chi connectivity index (χ2v) is 9.04. The Kier molecular flexibility index (Phi) is 7.09. The highest BCUT2D eigenvalue weighted by Gasteiger charge is 2.38. The number of pyridine rings is 1. The molecule has 2 aromatic carbocycles. The monoisotopic (exact) mass is 462 g/mol. The van der Waals surface area contributed by atoms with Crippen molar-refractivity contribution in [2.24, 2.45) is 5.73 Å². The van der Waals surface area contributed by atoms with Crippen molar-refractivity contribution in [3.63, 3.8) is 0 Å². The molecule has 0 unspecified atom stereocenters. The van der Waals surface area contributed by atoms with E-state index in [1.165, 1.54) is 0 Å². The molecular weight excluding hydrogens is 432 g/mol. The highest BCUT2D eigenvalue weighted by atomic mass is 16.5. The van der Waals surface area contributed by atoms with Crippen molar-refractivity contribution in [1.82, 2.24) is 15.8 Å². The number of carbonyl (C=O) groups is 2. The van der Waals surface area contributed by atoms with Crippen molar-refractivity contribution in [1.29, 1.82) is 0 Å². The Balaban J connectivity index is 1.43. The standard InChI is InChI=1S/C26H30N4O4/c1-17-14-19(22-4-2-3-5-23(22)28-17)16-34-21-8-6-18(7-9-21)25(32)29-26(15-24(31)30-33)12-10-20(27)11-13-26/h2-9,14,20,33H,10-13,15-16,27H2,1H3,(H,29,32)(H,30,31)/t20-,26+. The third-order valence-corrected chi connectivity index (χ3v) is 6.43. The highest BCUT2D eigenvalue weighted by Crippen LogP contribution is 2.31. The Morgan fingerprint density at radius 2 is 1.85 bits per heavy atom. The molecule has 0 radical (unpaired) electrons. The van der Waals surface area contributed by atoms with Gasteiger partial charge in [-0.1, -0.05) is 18.2 Å². The molecule has 8 nitrogen and oxygen atoms in total. The van der Waals surface area contributed by atoms with E-state index >= 15 is 0 Å². The van der Waals surface area contributed by atoms with Gasteiger partial charge in [0, 0.05) is 33.8 Å². The number of aryl methyl sites for hydroxylation is 1. The Morgan fingerprint density at radius 1 is 1.15 bits per heavy atom. The number of ether oxygens (including phenoxy) is 1. The molecule has 3 aromatic rings. The number of amides is 2. The minimum Gasteiger partial charge on any atom is -0.489 e. The van der Waals surface area contributed by atoms with E-state index in [-0.39, 0.29) is 18.4 Å². The van der Waals surface area contributed by atoms with Crippen LogP contribution in [0, 0.1) is 6.92 Å². The van der Waals surface area contributed by atoms with Crippen LogP contribution in [0.4, 0.5) is 0 Å². The van der Waals surface area contributed by atoms with Crippen LogP contribution in [0.3, 0.4) is 0 Å². The predicted octanol–water partition coefficient (Wildman–Crippen LogP) is 3.39. The molecule has 0 aliphatic heterocycles. The van der Waals surface area contributed by atoms with E-state index in [2.05, 4.69) is 10.3 Å². The Labute approximate surface area is 198 Å². The number of nitrogens with two attached hydrogens (primary N) is 1. The first-order valence-electron chi connectivity index (χ1n) is 11.5. The van der Waals surface area contributed by atoms with Crippen LogP contribution in [0.2, 0.25) is 0 Å². The number of rotatable bonds is 7. The fourth-order valence-electron chi connectivity index (χ4n) is 4.58. The third-order valence-electron chi connectivity index (χ3n) is 6.43. The quantitative estimate of drug-likeness (QED) is 0.315. The summed E-state index contributed by atoms with van der Waals surface area (Å²) < 4.78 is 5.98. The van der Waals surface area contributed by atoms with Gasteiger partial charge in [0.2, 0.25) is 5.91 Å². The lowest BCUT2D eigenvalue weighted by atomic mass is 9.77. The average molecular weight is 463 g/mol. The van der Waals surface area contributed by atoms with E-state index in [1.54, 1.807) is 29.7 Å². The number of nitrogens with zero attached hydrogens (tertiary/aromatic N) is 1. The molecule has 1 fully saturated rings. The maximum Gasteiger partial charge on any atom is 0.251 e. The molecule has 1 heterocycles. The second kappa shape index (κ2) is 10.2. The molecule has 1 aromatic heterocycles. The Morgan fingerprint density at radius 3 is 2.56 bits per heavy atom. The van der Waals surface area contributed by atoms with Gasteiger partial charge in [-0.25, -0.2) is 5.48 Å². The van der Waals surface area contributed by atoms with Gasteiger partial charge in [-0.2, -0.15) is 0 Å². The molecule has 5 N–H and O–H groups in total. The lowest BCUT2D eigenvalue weighted by Gasteiger charge is -2.39. The van der Waals surface area contributed by atoms with Crippen LogP contribution in [-0.4, -0.2) is 33.6 Å². The largest absolute Gasteiger partial charge is 0.489 e. The Hall–Kier alpha value is -3.49. The number of benzene rings is 2. The molecule has 1 aliphatic rings. The van der Waals surface area contributed by atoms with E-state index < -0.39 is 11.4 Å². The van der Waals surface area contributed by atoms with Gasteiger partial charge < -0.3 is 15.8 Å². The lowest BCUT2D eigenvalue weighted by molar-refractivity contribution is -0.131. The molecule has 2 amide bonds. The number of carbonyl (C=O) groups excluding carboxylic acids is 2. The summed E-state index contributed by atoms with van der Waals surface area (Å²) in [5.74, 6) is -0.157. The van der Waals surface area contributed by atoms with Gasteiger partial charge in [-0.05, 0) is 69.0 Å². The van der Waals surface area contributed by atoms with Crippen LogP contribution < -0.4 is 21.3 Å². The number of hydrogen-bond donors (Lipinski definition) is 4. The number of fused-ring (bicyclic) bond motifs is 1. The molecule has 8 heteroatoms.